The second-order valence-electron chi connectivity index (χ2n) is 2.78. The van der Waals surface area contributed by atoms with E-state index in [2.05, 4.69) is 0 Å². The third kappa shape index (κ3) is 4.71. The minimum Gasteiger partial charge on any atom is -0.481 e. The summed E-state index contributed by atoms with van der Waals surface area (Å²) < 4.78 is 0. The van der Waals surface area contributed by atoms with E-state index in [-0.39, 0.29) is 6.42 Å². The van der Waals surface area contributed by atoms with Gasteiger partial charge >= 0.3 is 11.9 Å². The number of carboxylic acid groups (broad SMARTS) is 2. The molecule has 12 heavy (non-hydrogen) atoms. The molecule has 1 unspecified atom stereocenters. The minimum atomic E-state index is -1.04. The van der Waals surface area contributed by atoms with Gasteiger partial charge in [0.25, 0.3) is 0 Å². The Labute approximate surface area is 71.2 Å². The molecule has 0 saturated heterocycles. The van der Waals surface area contributed by atoms with Crippen molar-refractivity contribution in [1.29, 1.82) is 0 Å². The monoisotopic (exact) mass is 174 g/mol. The van der Waals surface area contributed by atoms with Crippen LogP contribution in [-0.4, -0.2) is 22.2 Å². The lowest BCUT2D eigenvalue weighted by Gasteiger charge is -2.07. The molecule has 0 aromatic rings. The van der Waals surface area contributed by atoms with Gasteiger partial charge in [-0.25, -0.2) is 0 Å². The first-order valence-corrected chi connectivity index (χ1v) is 4.02. The molecule has 2 N–H and O–H groups in total. The highest BCUT2D eigenvalue weighted by molar-refractivity contribution is 5.77. The van der Waals surface area contributed by atoms with Crippen molar-refractivity contribution >= 4 is 11.9 Å². The molecule has 0 aliphatic rings. The van der Waals surface area contributed by atoms with E-state index in [1.807, 2.05) is 6.92 Å². The maximum atomic E-state index is 10.5. The van der Waals surface area contributed by atoms with E-state index in [9.17, 15) is 9.59 Å². The molecule has 1 atom stereocenters. The summed E-state index contributed by atoms with van der Waals surface area (Å²) in [5.41, 5.74) is 0. The van der Waals surface area contributed by atoms with Crippen LogP contribution in [0.25, 0.3) is 0 Å². The lowest BCUT2D eigenvalue weighted by atomic mass is 9.99. The van der Waals surface area contributed by atoms with Gasteiger partial charge in [0.1, 0.15) is 0 Å². The molecule has 0 saturated carbocycles. The SMILES string of the molecule is CCCCC(CC(=O)O)C(=O)O. The molecule has 0 amide bonds. The second kappa shape index (κ2) is 5.57. The zero-order chi connectivity index (χ0) is 9.56. The number of hydrogen-bond acceptors (Lipinski definition) is 2. The quantitative estimate of drug-likeness (QED) is 0.637. The van der Waals surface area contributed by atoms with Gasteiger partial charge < -0.3 is 10.2 Å². The van der Waals surface area contributed by atoms with Crippen molar-refractivity contribution in [3.8, 4) is 0 Å². The van der Waals surface area contributed by atoms with Gasteiger partial charge in [-0.3, -0.25) is 9.59 Å². The van der Waals surface area contributed by atoms with Crippen LogP contribution in [0, 0.1) is 5.92 Å². The van der Waals surface area contributed by atoms with Crippen molar-refractivity contribution < 1.29 is 19.8 Å². The Balaban J connectivity index is 3.87. The number of hydrogen-bond donors (Lipinski definition) is 2. The first-order valence-electron chi connectivity index (χ1n) is 4.02. The summed E-state index contributed by atoms with van der Waals surface area (Å²) in [5, 5.41) is 17.0. The average molecular weight is 174 g/mol. The van der Waals surface area contributed by atoms with E-state index in [1.54, 1.807) is 0 Å². The van der Waals surface area contributed by atoms with Crippen LogP contribution in [0.2, 0.25) is 0 Å². The average Bonchev–Trinajstić information content (AvgIpc) is 1.96. The number of aliphatic carboxylic acids is 2. The number of carbonyl (C=O) groups is 2. The Kier molecular flexibility index (Phi) is 5.08. The van der Waals surface area contributed by atoms with E-state index in [0.717, 1.165) is 12.8 Å². The topological polar surface area (TPSA) is 74.6 Å². The molecule has 0 rings (SSSR count). The molecular formula is C8H14O4. The Morgan fingerprint density at radius 3 is 2.25 bits per heavy atom. The third-order valence-electron chi connectivity index (χ3n) is 1.68. The fourth-order valence-electron chi connectivity index (χ4n) is 0.974. The van der Waals surface area contributed by atoms with Crippen molar-refractivity contribution in [2.75, 3.05) is 0 Å². The van der Waals surface area contributed by atoms with E-state index < -0.39 is 17.9 Å². The minimum absolute atomic E-state index is 0.269. The second-order valence-corrected chi connectivity index (χ2v) is 2.78. The van der Waals surface area contributed by atoms with Crippen molar-refractivity contribution in [1.82, 2.24) is 0 Å². The fraction of sp³-hybridized carbons (Fsp3) is 0.750. The first-order chi connectivity index (χ1) is 5.57. The number of carboxylic acids is 2. The van der Waals surface area contributed by atoms with Crippen molar-refractivity contribution in [3.05, 3.63) is 0 Å². The Hall–Kier alpha value is -1.06. The molecule has 0 aromatic heterocycles. The summed E-state index contributed by atoms with van der Waals surface area (Å²) in [6.45, 7) is 1.94. The Morgan fingerprint density at radius 1 is 1.33 bits per heavy atom. The lowest BCUT2D eigenvalue weighted by Crippen LogP contribution is -2.17. The molecule has 0 aromatic carbocycles. The fourth-order valence-corrected chi connectivity index (χ4v) is 0.974. The van der Waals surface area contributed by atoms with Crippen LogP contribution >= 0.6 is 0 Å². The molecule has 0 fully saturated rings. The highest BCUT2D eigenvalue weighted by Crippen LogP contribution is 2.12. The van der Waals surface area contributed by atoms with Crippen LogP contribution < -0.4 is 0 Å². The lowest BCUT2D eigenvalue weighted by molar-refractivity contribution is -0.148. The summed E-state index contributed by atoms with van der Waals surface area (Å²) in [4.78, 5) is 20.7. The van der Waals surface area contributed by atoms with Crippen LogP contribution in [0.1, 0.15) is 32.6 Å². The summed E-state index contributed by atoms with van der Waals surface area (Å²) in [7, 11) is 0. The van der Waals surface area contributed by atoms with Crippen LogP contribution in [0.3, 0.4) is 0 Å². The number of unbranched alkanes of at least 4 members (excludes halogenated alkanes) is 1. The van der Waals surface area contributed by atoms with E-state index >= 15 is 0 Å². The first kappa shape index (κ1) is 10.9. The van der Waals surface area contributed by atoms with Gasteiger partial charge in [-0.1, -0.05) is 19.8 Å². The molecule has 70 valence electrons. The van der Waals surface area contributed by atoms with Crippen LogP contribution in [0.4, 0.5) is 0 Å². The van der Waals surface area contributed by atoms with Gasteiger partial charge in [0.2, 0.25) is 0 Å². The molecule has 0 aliphatic heterocycles. The summed E-state index contributed by atoms with van der Waals surface area (Å²) >= 11 is 0. The zero-order valence-electron chi connectivity index (χ0n) is 7.12. The zero-order valence-corrected chi connectivity index (χ0v) is 7.12. The van der Waals surface area contributed by atoms with Gasteiger partial charge in [0, 0.05) is 0 Å². The predicted molar refractivity (Wildman–Crippen MR) is 42.9 cm³/mol. The van der Waals surface area contributed by atoms with E-state index in [4.69, 9.17) is 10.2 Å². The van der Waals surface area contributed by atoms with Gasteiger partial charge in [0.05, 0.1) is 12.3 Å². The largest absolute Gasteiger partial charge is 0.481 e. The predicted octanol–water partition coefficient (Wildman–Crippen LogP) is 1.35. The highest BCUT2D eigenvalue weighted by atomic mass is 16.4. The molecule has 4 nitrogen and oxygen atoms in total. The molecule has 0 heterocycles. The van der Waals surface area contributed by atoms with Crippen molar-refractivity contribution in [2.45, 2.75) is 32.6 Å². The van der Waals surface area contributed by atoms with Gasteiger partial charge in [-0.2, -0.15) is 0 Å². The van der Waals surface area contributed by atoms with E-state index in [0.29, 0.717) is 6.42 Å². The summed E-state index contributed by atoms with van der Waals surface area (Å²) in [6.07, 6.45) is 1.85. The van der Waals surface area contributed by atoms with Gasteiger partial charge in [0.15, 0.2) is 0 Å². The van der Waals surface area contributed by atoms with Crippen molar-refractivity contribution in [3.63, 3.8) is 0 Å². The van der Waals surface area contributed by atoms with Crippen LogP contribution in [0.15, 0.2) is 0 Å². The standard InChI is InChI=1S/C8H14O4/c1-2-3-4-6(8(11)12)5-7(9)10/h6H,2-5H2,1H3,(H,9,10)(H,11,12). The van der Waals surface area contributed by atoms with Crippen molar-refractivity contribution in [2.24, 2.45) is 5.92 Å². The third-order valence-corrected chi connectivity index (χ3v) is 1.68. The Morgan fingerprint density at radius 2 is 1.92 bits per heavy atom. The molecule has 0 aliphatic carbocycles. The molecule has 0 radical (unpaired) electrons. The number of rotatable bonds is 6. The highest BCUT2D eigenvalue weighted by Gasteiger charge is 2.19. The normalized spacial score (nSPS) is 12.4. The van der Waals surface area contributed by atoms with Gasteiger partial charge in [-0.05, 0) is 6.42 Å². The molecular weight excluding hydrogens is 160 g/mol. The summed E-state index contributed by atoms with van der Waals surface area (Å²) in [6, 6.07) is 0. The Bertz CT molecular complexity index is 164. The van der Waals surface area contributed by atoms with Crippen LogP contribution in [-0.2, 0) is 9.59 Å². The maximum Gasteiger partial charge on any atom is 0.307 e. The molecule has 4 heteroatoms. The van der Waals surface area contributed by atoms with Gasteiger partial charge in [-0.15, -0.1) is 0 Å². The smallest absolute Gasteiger partial charge is 0.307 e. The van der Waals surface area contributed by atoms with E-state index in [1.165, 1.54) is 0 Å². The molecule has 0 spiro atoms. The maximum absolute atomic E-state index is 10.5. The summed E-state index contributed by atoms with van der Waals surface area (Å²) in [5.74, 6) is -2.77. The van der Waals surface area contributed by atoms with Crippen LogP contribution in [0.5, 0.6) is 0 Å². The molecule has 0 bridgehead atoms.